The predicted octanol–water partition coefficient (Wildman–Crippen LogP) is 5.30. The SMILES string of the molecule is Cc1ncc(Cl)cc1C(=O)N[C@H]1CC[C@H](Cn2c(=O)n(-c3ccc(Br)cn3)c3ccccc32)CC1. The highest BCUT2D eigenvalue weighted by molar-refractivity contribution is 9.10. The monoisotopic (exact) mass is 553 g/mol. The highest BCUT2D eigenvalue weighted by atomic mass is 79.9. The van der Waals surface area contributed by atoms with Crippen LogP contribution in [0.4, 0.5) is 0 Å². The average molecular weight is 555 g/mol. The normalized spacial score (nSPS) is 18.0. The molecule has 1 saturated carbocycles. The molecule has 35 heavy (non-hydrogen) atoms. The Morgan fingerprint density at radius 2 is 1.83 bits per heavy atom. The van der Waals surface area contributed by atoms with Gasteiger partial charge in [0.15, 0.2) is 0 Å². The molecule has 9 heteroatoms. The fourth-order valence-electron chi connectivity index (χ4n) is 4.85. The number of fused-ring (bicyclic) bond motifs is 1. The van der Waals surface area contributed by atoms with Gasteiger partial charge in [-0.3, -0.25) is 14.3 Å². The number of hydrogen-bond acceptors (Lipinski definition) is 4. The van der Waals surface area contributed by atoms with Gasteiger partial charge in [0.2, 0.25) is 0 Å². The van der Waals surface area contributed by atoms with E-state index in [0.717, 1.165) is 41.2 Å². The molecule has 0 atom stereocenters. The van der Waals surface area contributed by atoms with Gasteiger partial charge < -0.3 is 5.32 Å². The number of amides is 1. The van der Waals surface area contributed by atoms with Crippen molar-refractivity contribution in [2.45, 2.75) is 45.2 Å². The number of imidazole rings is 1. The molecule has 1 aliphatic rings. The van der Waals surface area contributed by atoms with Gasteiger partial charge in [0.1, 0.15) is 5.82 Å². The maximum atomic E-state index is 13.5. The Bertz CT molecular complexity index is 1440. The third kappa shape index (κ3) is 4.90. The van der Waals surface area contributed by atoms with Crippen LogP contribution < -0.4 is 11.0 Å². The predicted molar refractivity (Wildman–Crippen MR) is 140 cm³/mol. The summed E-state index contributed by atoms with van der Waals surface area (Å²) < 4.78 is 4.40. The number of benzene rings is 1. The standard InChI is InChI=1S/C26H25BrClN5O2/c1-16-21(12-19(28)14-29-16)25(34)31-20-9-6-17(7-10-20)15-32-22-4-2-3-5-23(22)33(26(32)35)24-11-8-18(27)13-30-24/h2-5,8,11-14,17,20H,6-7,9-10,15H2,1H3,(H,31,34)/t17-,20-. The molecule has 3 heterocycles. The number of hydrogen-bond donors (Lipinski definition) is 1. The second kappa shape index (κ2) is 9.95. The second-order valence-electron chi connectivity index (χ2n) is 9.03. The molecule has 180 valence electrons. The molecule has 1 aromatic carbocycles. The molecule has 1 N–H and O–H groups in total. The Morgan fingerprint density at radius 1 is 1.09 bits per heavy atom. The van der Waals surface area contributed by atoms with Crippen molar-refractivity contribution in [3.8, 4) is 5.82 Å². The van der Waals surface area contributed by atoms with Crippen LogP contribution in [0.25, 0.3) is 16.9 Å². The fourth-order valence-corrected chi connectivity index (χ4v) is 5.25. The first-order valence-corrected chi connectivity index (χ1v) is 12.8. The summed E-state index contributed by atoms with van der Waals surface area (Å²) >= 11 is 9.43. The number of rotatable bonds is 5. The van der Waals surface area contributed by atoms with E-state index in [-0.39, 0.29) is 17.6 Å². The number of aromatic nitrogens is 4. The first-order valence-electron chi connectivity index (χ1n) is 11.7. The highest BCUT2D eigenvalue weighted by Crippen LogP contribution is 2.28. The number of pyridine rings is 2. The molecule has 0 spiro atoms. The molecule has 3 aromatic heterocycles. The van der Waals surface area contributed by atoms with Crippen LogP contribution in [0, 0.1) is 12.8 Å². The van der Waals surface area contributed by atoms with Crippen molar-refractivity contribution in [3.63, 3.8) is 0 Å². The number of nitrogens with one attached hydrogen (secondary N) is 1. The Labute approximate surface area is 216 Å². The second-order valence-corrected chi connectivity index (χ2v) is 10.4. The van der Waals surface area contributed by atoms with Crippen LogP contribution in [-0.2, 0) is 6.54 Å². The maximum absolute atomic E-state index is 13.5. The third-order valence-corrected chi connectivity index (χ3v) is 7.37. The average Bonchev–Trinajstić information content (AvgIpc) is 3.13. The van der Waals surface area contributed by atoms with Crippen molar-refractivity contribution in [3.05, 3.63) is 86.1 Å². The first kappa shape index (κ1) is 23.8. The molecule has 0 saturated heterocycles. The Balaban J connectivity index is 1.30. The molecule has 0 radical (unpaired) electrons. The van der Waals surface area contributed by atoms with Gasteiger partial charge in [-0.1, -0.05) is 23.7 Å². The van der Waals surface area contributed by atoms with Gasteiger partial charge in [-0.2, -0.15) is 0 Å². The largest absolute Gasteiger partial charge is 0.349 e. The van der Waals surface area contributed by atoms with E-state index >= 15 is 0 Å². The molecule has 1 fully saturated rings. The Hall–Kier alpha value is -2.97. The molecule has 5 rings (SSSR count). The smallest absolute Gasteiger partial charge is 0.334 e. The number of para-hydroxylation sites is 2. The lowest BCUT2D eigenvalue weighted by Crippen LogP contribution is -2.39. The summed E-state index contributed by atoms with van der Waals surface area (Å²) in [6.45, 7) is 2.45. The molecule has 0 aliphatic heterocycles. The lowest BCUT2D eigenvalue weighted by atomic mass is 9.85. The topological polar surface area (TPSA) is 81.8 Å². The molecule has 4 aromatic rings. The van der Waals surface area contributed by atoms with Gasteiger partial charge in [-0.15, -0.1) is 0 Å². The van der Waals surface area contributed by atoms with E-state index in [0.29, 0.717) is 34.6 Å². The van der Waals surface area contributed by atoms with Crippen LogP contribution in [0.15, 0.2) is 64.1 Å². The number of halogens is 2. The Kier molecular flexibility index (Phi) is 6.75. The van der Waals surface area contributed by atoms with Crippen molar-refractivity contribution in [1.29, 1.82) is 0 Å². The summed E-state index contributed by atoms with van der Waals surface area (Å²) in [5.74, 6) is 0.820. The Morgan fingerprint density at radius 3 is 2.54 bits per heavy atom. The number of carbonyl (C=O) groups excluding carboxylic acids is 1. The van der Waals surface area contributed by atoms with Gasteiger partial charge in [-0.05, 0) is 84.8 Å². The van der Waals surface area contributed by atoms with Crippen LogP contribution in [0.3, 0.4) is 0 Å². The molecule has 0 unspecified atom stereocenters. The minimum atomic E-state index is -0.137. The fraction of sp³-hybridized carbons (Fsp3) is 0.308. The number of aryl methyl sites for hydroxylation is 1. The van der Waals surface area contributed by atoms with Gasteiger partial charge in [0.05, 0.1) is 27.3 Å². The lowest BCUT2D eigenvalue weighted by molar-refractivity contribution is 0.0919. The summed E-state index contributed by atoms with van der Waals surface area (Å²) in [4.78, 5) is 34.8. The number of carbonyl (C=O) groups is 1. The highest BCUT2D eigenvalue weighted by Gasteiger charge is 2.25. The zero-order chi connectivity index (χ0) is 24.5. The van der Waals surface area contributed by atoms with Crippen LogP contribution in [-0.4, -0.2) is 31.1 Å². The van der Waals surface area contributed by atoms with Gasteiger partial charge in [-0.25, -0.2) is 14.3 Å². The van der Waals surface area contributed by atoms with Crippen LogP contribution in [0.1, 0.15) is 41.7 Å². The zero-order valence-corrected chi connectivity index (χ0v) is 21.6. The van der Waals surface area contributed by atoms with Crippen LogP contribution in [0.2, 0.25) is 5.02 Å². The van der Waals surface area contributed by atoms with Crippen LogP contribution >= 0.6 is 27.5 Å². The summed E-state index contributed by atoms with van der Waals surface area (Å²) in [5.41, 5.74) is 2.85. The summed E-state index contributed by atoms with van der Waals surface area (Å²) in [5, 5.41) is 3.59. The summed E-state index contributed by atoms with van der Waals surface area (Å²) in [6, 6.07) is 13.3. The molecule has 1 aliphatic carbocycles. The van der Waals surface area contributed by atoms with E-state index in [1.807, 2.05) is 41.0 Å². The van der Waals surface area contributed by atoms with Crippen molar-refractivity contribution < 1.29 is 4.79 Å². The van der Waals surface area contributed by atoms with E-state index < -0.39 is 0 Å². The van der Waals surface area contributed by atoms with Crippen LogP contribution in [0.5, 0.6) is 0 Å². The van der Waals surface area contributed by atoms with Gasteiger partial charge >= 0.3 is 5.69 Å². The van der Waals surface area contributed by atoms with Crippen molar-refractivity contribution in [2.75, 3.05) is 0 Å². The molecule has 1 amide bonds. The lowest BCUT2D eigenvalue weighted by Gasteiger charge is -2.29. The summed E-state index contributed by atoms with van der Waals surface area (Å²) in [7, 11) is 0. The minimum Gasteiger partial charge on any atom is -0.349 e. The van der Waals surface area contributed by atoms with E-state index in [2.05, 4.69) is 31.2 Å². The number of nitrogens with zero attached hydrogens (tertiary/aromatic N) is 4. The first-order chi connectivity index (χ1) is 16.9. The molecular formula is C26H25BrClN5O2. The van der Waals surface area contributed by atoms with E-state index in [1.54, 1.807) is 30.0 Å². The van der Waals surface area contributed by atoms with Crippen molar-refractivity contribution in [2.24, 2.45) is 5.92 Å². The molecule has 7 nitrogen and oxygen atoms in total. The van der Waals surface area contributed by atoms with Crippen molar-refractivity contribution in [1.82, 2.24) is 24.4 Å². The zero-order valence-electron chi connectivity index (χ0n) is 19.2. The third-order valence-electron chi connectivity index (χ3n) is 6.70. The van der Waals surface area contributed by atoms with E-state index in [1.165, 1.54) is 0 Å². The quantitative estimate of drug-likeness (QED) is 0.363. The van der Waals surface area contributed by atoms with E-state index in [9.17, 15) is 9.59 Å². The summed E-state index contributed by atoms with van der Waals surface area (Å²) in [6.07, 6.45) is 6.84. The maximum Gasteiger partial charge on any atom is 0.334 e. The van der Waals surface area contributed by atoms with E-state index in [4.69, 9.17) is 11.6 Å². The molecular weight excluding hydrogens is 530 g/mol. The van der Waals surface area contributed by atoms with Crippen molar-refractivity contribution >= 4 is 44.5 Å². The molecule has 0 bridgehead atoms. The van der Waals surface area contributed by atoms with Gasteiger partial charge in [0.25, 0.3) is 5.91 Å². The minimum absolute atomic E-state index is 0.0830. The van der Waals surface area contributed by atoms with Gasteiger partial charge in [0, 0.05) is 29.5 Å².